The molecule has 2 aliphatic heterocycles. The number of rotatable bonds is 2. The lowest BCUT2D eigenvalue weighted by Crippen LogP contribution is -2.28. The fraction of sp³-hybridized carbons (Fsp3) is 0.750. The zero-order valence-electron chi connectivity index (χ0n) is 12.9. The molecule has 1 spiro atoms. The molecule has 0 amide bonds. The standard InChI is InChI=1S/C16H26N2S.ClH/c1-15(2,3)14-5-4-13(19-14)10-18-9-7-16(12-18)6-8-17-11-16;/h4-5,17H,6-12H2,1-3H3;1H. The van der Waals surface area contributed by atoms with Gasteiger partial charge >= 0.3 is 0 Å². The van der Waals surface area contributed by atoms with Crippen molar-refractivity contribution in [2.24, 2.45) is 5.41 Å². The highest BCUT2D eigenvalue weighted by Gasteiger charge is 2.40. The van der Waals surface area contributed by atoms with Crippen molar-refractivity contribution >= 4 is 23.7 Å². The highest BCUT2D eigenvalue weighted by atomic mass is 35.5. The lowest BCUT2D eigenvalue weighted by molar-refractivity contribution is 0.270. The molecule has 1 N–H and O–H groups in total. The summed E-state index contributed by atoms with van der Waals surface area (Å²) in [5, 5.41) is 3.54. The maximum atomic E-state index is 3.54. The molecule has 4 heteroatoms. The van der Waals surface area contributed by atoms with Crippen molar-refractivity contribution in [2.75, 3.05) is 26.2 Å². The molecule has 0 radical (unpaired) electrons. The molecule has 0 aromatic carbocycles. The van der Waals surface area contributed by atoms with E-state index < -0.39 is 0 Å². The van der Waals surface area contributed by atoms with E-state index in [0.29, 0.717) is 10.8 Å². The highest BCUT2D eigenvalue weighted by Crippen LogP contribution is 2.37. The Morgan fingerprint density at radius 3 is 2.70 bits per heavy atom. The van der Waals surface area contributed by atoms with Crippen molar-refractivity contribution in [1.82, 2.24) is 10.2 Å². The monoisotopic (exact) mass is 314 g/mol. The Morgan fingerprint density at radius 1 is 1.30 bits per heavy atom. The zero-order chi connectivity index (χ0) is 13.5. The van der Waals surface area contributed by atoms with Crippen LogP contribution in [0.25, 0.3) is 0 Å². The molecule has 0 aliphatic carbocycles. The van der Waals surface area contributed by atoms with Crippen LogP contribution >= 0.6 is 23.7 Å². The number of hydrogen-bond acceptors (Lipinski definition) is 3. The third kappa shape index (κ3) is 3.38. The third-order valence-corrected chi connectivity index (χ3v) is 6.13. The van der Waals surface area contributed by atoms with Gasteiger partial charge < -0.3 is 5.32 Å². The summed E-state index contributed by atoms with van der Waals surface area (Å²) in [4.78, 5) is 5.71. The van der Waals surface area contributed by atoms with E-state index in [1.54, 1.807) is 0 Å². The predicted molar refractivity (Wildman–Crippen MR) is 90.1 cm³/mol. The second-order valence-corrected chi connectivity index (χ2v) is 8.57. The van der Waals surface area contributed by atoms with E-state index in [9.17, 15) is 0 Å². The summed E-state index contributed by atoms with van der Waals surface area (Å²) in [6.07, 6.45) is 2.76. The van der Waals surface area contributed by atoms with E-state index in [1.165, 1.54) is 48.8 Å². The number of halogens is 1. The van der Waals surface area contributed by atoms with Gasteiger partial charge in [-0.05, 0) is 48.9 Å². The van der Waals surface area contributed by atoms with Crippen LogP contribution < -0.4 is 5.32 Å². The normalized spacial score (nSPS) is 27.1. The smallest absolute Gasteiger partial charge is 0.0328 e. The van der Waals surface area contributed by atoms with E-state index >= 15 is 0 Å². The number of hydrogen-bond donors (Lipinski definition) is 1. The Hall–Kier alpha value is -0.0900. The zero-order valence-corrected chi connectivity index (χ0v) is 14.5. The molecule has 3 rings (SSSR count). The number of likely N-dealkylation sites (tertiary alicyclic amines) is 1. The summed E-state index contributed by atoms with van der Waals surface area (Å²) in [5.41, 5.74) is 0.897. The average Bonchev–Trinajstić information content (AvgIpc) is 3.01. The van der Waals surface area contributed by atoms with Gasteiger partial charge in [-0.25, -0.2) is 0 Å². The largest absolute Gasteiger partial charge is 0.316 e. The lowest BCUT2D eigenvalue weighted by atomic mass is 9.87. The first-order chi connectivity index (χ1) is 8.97. The summed E-state index contributed by atoms with van der Waals surface area (Å²) >= 11 is 2.00. The van der Waals surface area contributed by atoms with Crippen molar-refractivity contribution in [3.63, 3.8) is 0 Å². The molecule has 1 aromatic rings. The molecule has 3 heterocycles. The topological polar surface area (TPSA) is 15.3 Å². The molecule has 2 nitrogen and oxygen atoms in total. The molecular weight excluding hydrogens is 288 g/mol. The van der Waals surface area contributed by atoms with Crippen molar-refractivity contribution in [3.05, 3.63) is 21.9 Å². The van der Waals surface area contributed by atoms with Gasteiger partial charge in [0.05, 0.1) is 0 Å². The van der Waals surface area contributed by atoms with E-state index in [-0.39, 0.29) is 12.4 Å². The highest BCUT2D eigenvalue weighted by molar-refractivity contribution is 7.12. The first-order valence-corrected chi connectivity index (χ1v) is 8.31. The van der Waals surface area contributed by atoms with Gasteiger partial charge in [0.25, 0.3) is 0 Å². The van der Waals surface area contributed by atoms with Gasteiger partial charge in [0, 0.05) is 29.4 Å². The molecule has 2 aliphatic rings. The van der Waals surface area contributed by atoms with Crippen LogP contribution in [0, 0.1) is 5.41 Å². The third-order valence-electron chi connectivity index (χ3n) is 4.63. The Bertz CT molecular complexity index is 444. The van der Waals surface area contributed by atoms with Crippen molar-refractivity contribution in [3.8, 4) is 0 Å². The molecule has 0 saturated carbocycles. The maximum Gasteiger partial charge on any atom is 0.0328 e. The summed E-state index contributed by atoms with van der Waals surface area (Å²) in [6, 6.07) is 4.66. The van der Waals surface area contributed by atoms with Crippen LogP contribution in [0.15, 0.2) is 12.1 Å². The maximum absolute atomic E-state index is 3.54. The predicted octanol–water partition coefficient (Wildman–Crippen LogP) is 3.65. The number of thiophene rings is 1. The average molecular weight is 315 g/mol. The Kier molecular flexibility index (Phi) is 4.85. The molecule has 1 unspecified atom stereocenters. The van der Waals surface area contributed by atoms with Crippen LogP contribution in [0.4, 0.5) is 0 Å². The van der Waals surface area contributed by atoms with Crippen molar-refractivity contribution in [2.45, 2.75) is 45.6 Å². The number of nitrogens with zero attached hydrogens (tertiary/aromatic N) is 1. The molecule has 1 aromatic heterocycles. The van der Waals surface area contributed by atoms with Gasteiger partial charge in [0.1, 0.15) is 0 Å². The van der Waals surface area contributed by atoms with Crippen LogP contribution in [0.1, 0.15) is 43.4 Å². The van der Waals surface area contributed by atoms with Crippen LogP contribution in [0.3, 0.4) is 0 Å². The van der Waals surface area contributed by atoms with Crippen LogP contribution in [0.5, 0.6) is 0 Å². The van der Waals surface area contributed by atoms with Crippen LogP contribution in [0.2, 0.25) is 0 Å². The number of nitrogens with one attached hydrogen (secondary N) is 1. The molecule has 0 bridgehead atoms. The molecule has 2 fully saturated rings. The fourth-order valence-corrected chi connectivity index (χ4v) is 4.50. The van der Waals surface area contributed by atoms with E-state index in [4.69, 9.17) is 0 Å². The van der Waals surface area contributed by atoms with Gasteiger partial charge in [-0.1, -0.05) is 20.8 Å². The van der Waals surface area contributed by atoms with Crippen LogP contribution in [-0.2, 0) is 12.0 Å². The van der Waals surface area contributed by atoms with E-state index in [1.807, 2.05) is 11.3 Å². The summed E-state index contributed by atoms with van der Waals surface area (Å²) in [5.74, 6) is 0. The summed E-state index contributed by atoms with van der Waals surface area (Å²) < 4.78 is 0. The quantitative estimate of drug-likeness (QED) is 0.896. The van der Waals surface area contributed by atoms with Gasteiger partial charge in [0.2, 0.25) is 0 Å². The molecule has 114 valence electrons. The van der Waals surface area contributed by atoms with E-state index in [2.05, 4.69) is 43.1 Å². The fourth-order valence-electron chi connectivity index (χ4n) is 3.39. The first kappa shape index (κ1) is 16.3. The van der Waals surface area contributed by atoms with Crippen molar-refractivity contribution < 1.29 is 0 Å². The summed E-state index contributed by atoms with van der Waals surface area (Å²) in [7, 11) is 0. The van der Waals surface area contributed by atoms with E-state index in [0.717, 1.165) is 6.54 Å². The SMILES string of the molecule is CC(C)(C)c1ccc(CN2CCC3(CCNC3)C2)s1.Cl. The minimum absolute atomic E-state index is 0. The van der Waals surface area contributed by atoms with Gasteiger partial charge in [-0.3, -0.25) is 4.90 Å². The Balaban J connectivity index is 0.00000147. The van der Waals surface area contributed by atoms with Crippen LogP contribution in [-0.4, -0.2) is 31.1 Å². The summed E-state index contributed by atoms with van der Waals surface area (Å²) in [6.45, 7) is 13.1. The first-order valence-electron chi connectivity index (χ1n) is 7.49. The molecular formula is C16H27ClN2S. The minimum Gasteiger partial charge on any atom is -0.316 e. The Morgan fingerprint density at radius 2 is 2.10 bits per heavy atom. The van der Waals surface area contributed by atoms with Gasteiger partial charge in [0.15, 0.2) is 0 Å². The Labute approximate surface area is 133 Å². The van der Waals surface area contributed by atoms with Gasteiger partial charge in [-0.2, -0.15) is 0 Å². The molecule has 1 atom stereocenters. The molecule has 20 heavy (non-hydrogen) atoms. The second-order valence-electron chi connectivity index (χ2n) is 7.40. The molecule has 2 saturated heterocycles. The second kappa shape index (κ2) is 5.96. The lowest BCUT2D eigenvalue weighted by Gasteiger charge is -2.22. The van der Waals surface area contributed by atoms with Crippen molar-refractivity contribution in [1.29, 1.82) is 0 Å². The minimum atomic E-state index is 0. The van der Waals surface area contributed by atoms with Gasteiger partial charge in [-0.15, -0.1) is 23.7 Å².